The van der Waals surface area contributed by atoms with Crippen molar-refractivity contribution in [2.75, 3.05) is 4.90 Å². The van der Waals surface area contributed by atoms with Gasteiger partial charge in [0.1, 0.15) is 5.76 Å². The van der Waals surface area contributed by atoms with Gasteiger partial charge in [0.25, 0.3) is 11.5 Å². The summed E-state index contributed by atoms with van der Waals surface area (Å²) in [5, 5.41) is 22.9. The number of benzene rings is 3. The van der Waals surface area contributed by atoms with Gasteiger partial charge in [-0.15, -0.1) is 0 Å². The molecule has 0 bridgehead atoms. The van der Waals surface area contributed by atoms with Crippen LogP contribution in [0, 0.1) is 30.9 Å². The number of amides is 1. The number of aromatic nitrogens is 1. The standard InChI is InChI=1S/C27H21N3O5S/c1-14-4-6-16(3)19(12-14)24(31)22-23(17-7-9-18(10-8-17)30(34)35)29(26(33)25(22)32)27-28-20-11-5-15(2)13-21(20)36-27/h4-13,23,31H,1-3H3/b24-22+. The number of carbonyl (C=O) groups is 2. The van der Waals surface area contributed by atoms with Crippen molar-refractivity contribution in [3.63, 3.8) is 0 Å². The maximum Gasteiger partial charge on any atom is 0.301 e. The molecule has 1 aromatic heterocycles. The van der Waals surface area contributed by atoms with Crippen LogP contribution in [0.15, 0.2) is 66.2 Å². The van der Waals surface area contributed by atoms with Gasteiger partial charge in [-0.1, -0.05) is 35.1 Å². The number of nitro benzene ring substituents is 1. The Kier molecular flexibility index (Phi) is 5.64. The molecule has 1 N–H and O–H groups in total. The monoisotopic (exact) mass is 499 g/mol. The number of hydrogen-bond acceptors (Lipinski definition) is 7. The minimum Gasteiger partial charge on any atom is -0.507 e. The van der Waals surface area contributed by atoms with E-state index in [2.05, 4.69) is 4.98 Å². The molecule has 0 aliphatic carbocycles. The lowest BCUT2D eigenvalue weighted by atomic mass is 9.93. The minimum atomic E-state index is -1.01. The van der Waals surface area contributed by atoms with E-state index in [4.69, 9.17) is 0 Å². The molecule has 1 aliphatic heterocycles. The summed E-state index contributed by atoms with van der Waals surface area (Å²) < 4.78 is 0.851. The lowest BCUT2D eigenvalue weighted by Gasteiger charge is -2.23. The molecule has 5 rings (SSSR count). The van der Waals surface area contributed by atoms with Gasteiger partial charge in [0.2, 0.25) is 0 Å². The van der Waals surface area contributed by atoms with Gasteiger partial charge in [-0.3, -0.25) is 24.6 Å². The quantitative estimate of drug-likeness (QED) is 0.126. The highest BCUT2D eigenvalue weighted by atomic mass is 32.1. The Morgan fingerprint density at radius 2 is 1.67 bits per heavy atom. The number of aliphatic hydroxyl groups is 1. The van der Waals surface area contributed by atoms with Crippen LogP contribution in [0.2, 0.25) is 0 Å². The van der Waals surface area contributed by atoms with E-state index in [0.29, 0.717) is 21.8 Å². The Labute approximate surface area is 210 Å². The molecule has 1 amide bonds. The number of non-ortho nitro benzene ring substituents is 1. The second-order valence-electron chi connectivity index (χ2n) is 8.80. The summed E-state index contributed by atoms with van der Waals surface area (Å²) >= 11 is 1.27. The number of aryl methyl sites for hydroxylation is 3. The van der Waals surface area contributed by atoms with Gasteiger partial charge in [-0.25, -0.2) is 4.98 Å². The summed E-state index contributed by atoms with van der Waals surface area (Å²) in [5.74, 6) is -1.95. The lowest BCUT2D eigenvalue weighted by Crippen LogP contribution is -2.29. The molecule has 1 aliphatic rings. The molecule has 180 valence electrons. The third-order valence-electron chi connectivity index (χ3n) is 6.25. The fourth-order valence-electron chi connectivity index (χ4n) is 4.38. The van der Waals surface area contributed by atoms with Gasteiger partial charge < -0.3 is 5.11 Å². The van der Waals surface area contributed by atoms with Crippen LogP contribution in [0.3, 0.4) is 0 Å². The van der Waals surface area contributed by atoms with Crippen molar-refractivity contribution in [2.24, 2.45) is 0 Å². The third-order valence-corrected chi connectivity index (χ3v) is 7.27. The van der Waals surface area contributed by atoms with Crippen molar-refractivity contribution in [3.8, 4) is 0 Å². The maximum atomic E-state index is 13.4. The number of rotatable bonds is 4. The van der Waals surface area contributed by atoms with E-state index in [1.165, 1.54) is 40.5 Å². The zero-order chi connectivity index (χ0) is 25.7. The van der Waals surface area contributed by atoms with Crippen LogP contribution in [-0.2, 0) is 9.59 Å². The highest BCUT2D eigenvalue weighted by Gasteiger charge is 2.48. The predicted octanol–water partition coefficient (Wildman–Crippen LogP) is 5.76. The molecule has 1 unspecified atom stereocenters. The summed E-state index contributed by atoms with van der Waals surface area (Å²) in [4.78, 5) is 43.3. The van der Waals surface area contributed by atoms with Gasteiger partial charge in [0.05, 0.1) is 26.8 Å². The number of aliphatic hydroxyl groups excluding tert-OH is 1. The Morgan fingerprint density at radius 1 is 1.00 bits per heavy atom. The zero-order valence-corrected chi connectivity index (χ0v) is 20.5. The summed E-state index contributed by atoms with van der Waals surface area (Å²) in [6, 6.07) is 15.8. The number of nitro groups is 1. The molecule has 0 spiro atoms. The van der Waals surface area contributed by atoms with E-state index in [9.17, 15) is 24.8 Å². The van der Waals surface area contributed by atoms with Gasteiger partial charge in [-0.05, 0) is 67.8 Å². The Hall–Kier alpha value is -4.37. The highest BCUT2D eigenvalue weighted by molar-refractivity contribution is 7.22. The molecular weight excluding hydrogens is 478 g/mol. The number of nitrogens with zero attached hydrogens (tertiary/aromatic N) is 3. The molecule has 1 saturated heterocycles. The first-order chi connectivity index (χ1) is 17.2. The number of anilines is 1. The molecule has 2 heterocycles. The van der Waals surface area contributed by atoms with E-state index in [1.54, 1.807) is 13.0 Å². The van der Waals surface area contributed by atoms with Crippen LogP contribution in [0.1, 0.15) is 33.9 Å². The summed E-state index contributed by atoms with van der Waals surface area (Å²) in [6.07, 6.45) is 0. The smallest absolute Gasteiger partial charge is 0.301 e. The second-order valence-corrected chi connectivity index (χ2v) is 9.81. The molecule has 4 aromatic rings. The number of thiazole rings is 1. The van der Waals surface area contributed by atoms with E-state index in [0.717, 1.165) is 21.4 Å². The number of fused-ring (bicyclic) bond motifs is 1. The van der Waals surface area contributed by atoms with Gasteiger partial charge in [-0.2, -0.15) is 0 Å². The average Bonchev–Trinajstić information content (AvgIpc) is 3.38. The van der Waals surface area contributed by atoms with Crippen molar-refractivity contribution < 1.29 is 19.6 Å². The number of ketones is 1. The van der Waals surface area contributed by atoms with Crippen molar-refractivity contribution in [1.29, 1.82) is 0 Å². The number of hydrogen-bond donors (Lipinski definition) is 1. The summed E-state index contributed by atoms with van der Waals surface area (Å²) in [6.45, 7) is 5.62. The predicted molar refractivity (Wildman–Crippen MR) is 138 cm³/mol. The summed E-state index contributed by atoms with van der Waals surface area (Å²) in [7, 11) is 0. The van der Waals surface area contributed by atoms with Crippen LogP contribution < -0.4 is 4.90 Å². The second kappa shape index (κ2) is 8.69. The number of carbonyl (C=O) groups excluding carboxylic acids is 2. The topological polar surface area (TPSA) is 114 Å². The molecule has 0 saturated carbocycles. The van der Waals surface area contributed by atoms with Crippen molar-refractivity contribution in [1.82, 2.24) is 4.98 Å². The summed E-state index contributed by atoms with van der Waals surface area (Å²) in [5.41, 5.74) is 4.01. The first kappa shape index (κ1) is 23.4. The van der Waals surface area contributed by atoms with Crippen LogP contribution in [0.5, 0.6) is 0 Å². The fourth-order valence-corrected chi connectivity index (χ4v) is 5.47. The van der Waals surface area contributed by atoms with Crippen molar-refractivity contribution in [2.45, 2.75) is 26.8 Å². The van der Waals surface area contributed by atoms with Crippen LogP contribution in [0.4, 0.5) is 10.8 Å². The molecule has 0 radical (unpaired) electrons. The molecule has 8 nitrogen and oxygen atoms in total. The highest BCUT2D eigenvalue weighted by Crippen LogP contribution is 2.45. The van der Waals surface area contributed by atoms with Gasteiger partial charge in [0, 0.05) is 17.7 Å². The SMILES string of the molecule is Cc1ccc(C)c(/C(O)=C2\C(=O)C(=O)N(c3nc4ccc(C)cc4s3)C2c2ccc([N+](=O)[O-])cc2)c1. The largest absolute Gasteiger partial charge is 0.507 e. The van der Waals surface area contributed by atoms with E-state index < -0.39 is 22.7 Å². The fraction of sp³-hybridized carbons (Fsp3) is 0.148. The molecule has 1 fully saturated rings. The normalized spacial score (nSPS) is 17.2. The minimum absolute atomic E-state index is 0.0852. The third kappa shape index (κ3) is 3.83. The van der Waals surface area contributed by atoms with Crippen LogP contribution >= 0.6 is 11.3 Å². The molecule has 1 atom stereocenters. The van der Waals surface area contributed by atoms with Crippen LogP contribution in [0.25, 0.3) is 16.0 Å². The molecule has 9 heteroatoms. The van der Waals surface area contributed by atoms with Gasteiger partial charge in [0.15, 0.2) is 5.13 Å². The van der Waals surface area contributed by atoms with Crippen molar-refractivity contribution >= 4 is 49.8 Å². The van der Waals surface area contributed by atoms with Crippen molar-refractivity contribution in [3.05, 3.63) is 104 Å². The Morgan fingerprint density at radius 3 is 2.36 bits per heavy atom. The van der Waals surface area contributed by atoms with E-state index in [1.807, 2.05) is 44.2 Å². The lowest BCUT2D eigenvalue weighted by molar-refractivity contribution is -0.384. The molecule has 36 heavy (non-hydrogen) atoms. The zero-order valence-electron chi connectivity index (χ0n) is 19.7. The first-order valence-corrected chi connectivity index (χ1v) is 12.0. The Balaban J connectivity index is 1.75. The Bertz CT molecular complexity index is 1600. The maximum absolute atomic E-state index is 13.4. The van der Waals surface area contributed by atoms with Gasteiger partial charge >= 0.3 is 5.91 Å². The molecule has 3 aromatic carbocycles. The van der Waals surface area contributed by atoms with E-state index in [-0.39, 0.29) is 17.0 Å². The number of Topliss-reactive ketones (excluding diaryl/α,β-unsaturated/α-hetero) is 1. The van der Waals surface area contributed by atoms with E-state index >= 15 is 0 Å². The first-order valence-electron chi connectivity index (χ1n) is 11.2. The average molecular weight is 500 g/mol. The molecular formula is C27H21N3O5S. The van der Waals surface area contributed by atoms with Crippen LogP contribution in [-0.4, -0.2) is 26.7 Å².